The first-order valence-electron chi connectivity index (χ1n) is 7.31. The summed E-state index contributed by atoms with van der Waals surface area (Å²) < 4.78 is 5.73. The molecule has 0 amide bonds. The van der Waals surface area contributed by atoms with Gasteiger partial charge in [0, 0.05) is 12.4 Å². The zero-order valence-electron chi connectivity index (χ0n) is 12.6. The number of carbonyl (C=O) groups excluding carboxylic acids is 1. The lowest BCUT2D eigenvalue weighted by atomic mass is 10.0. The SMILES string of the molecule is CC(C)c1ccc(OCCCc2cccnc2)c(C=O)c1. The number of ether oxygens (including phenoxy) is 1. The zero-order valence-corrected chi connectivity index (χ0v) is 12.6. The van der Waals surface area contributed by atoms with E-state index < -0.39 is 0 Å². The fourth-order valence-electron chi connectivity index (χ4n) is 2.15. The zero-order chi connectivity index (χ0) is 15.1. The molecule has 110 valence electrons. The summed E-state index contributed by atoms with van der Waals surface area (Å²) in [6.07, 6.45) is 6.33. The predicted molar refractivity (Wildman–Crippen MR) is 84.0 cm³/mol. The minimum Gasteiger partial charge on any atom is -0.493 e. The van der Waals surface area contributed by atoms with Gasteiger partial charge >= 0.3 is 0 Å². The van der Waals surface area contributed by atoms with Crippen LogP contribution < -0.4 is 4.74 Å². The maximum absolute atomic E-state index is 11.2. The number of aryl methyl sites for hydroxylation is 1. The highest BCUT2D eigenvalue weighted by Crippen LogP contribution is 2.23. The van der Waals surface area contributed by atoms with Crippen molar-refractivity contribution in [2.24, 2.45) is 0 Å². The Hall–Kier alpha value is -2.16. The second-order valence-electron chi connectivity index (χ2n) is 5.38. The minimum absolute atomic E-state index is 0.406. The van der Waals surface area contributed by atoms with E-state index in [9.17, 15) is 4.79 Å². The molecule has 2 aromatic rings. The Kier molecular flexibility index (Phi) is 5.50. The Morgan fingerprint density at radius 3 is 2.81 bits per heavy atom. The number of hydrogen-bond acceptors (Lipinski definition) is 3. The molecule has 1 aromatic heterocycles. The number of benzene rings is 1. The van der Waals surface area contributed by atoms with Crippen LogP contribution in [0.3, 0.4) is 0 Å². The quantitative estimate of drug-likeness (QED) is 0.569. The molecule has 0 aliphatic carbocycles. The van der Waals surface area contributed by atoms with Crippen LogP contribution in [0.5, 0.6) is 5.75 Å². The average Bonchev–Trinajstić information content (AvgIpc) is 2.52. The van der Waals surface area contributed by atoms with Crippen molar-refractivity contribution in [2.75, 3.05) is 6.61 Å². The van der Waals surface area contributed by atoms with Gasteiger partial charge in [-0.15, -0.1) is 0 Å². The first-order chi connectivity index (χ1) is 10.2. The van der Waals surface area contributed by atoms with Crippen molar-refractivity contribution in [1.82, 2.24) is 4.98 Å². The predicted octanol–water partition coefficient (Wildman–Crippen LogP) is 4.03. The topological polar surface area (TPSA) is 39.2 Å². The third kappa shape index (κ3) is 4.42. The van der Waals surface area contributed by atoms with Crippen LogP contribution in [0, 0.1) is 0 Å². The second kappa shape index (κ2) is 7.58. The fraction of sp³-hybridized carbons (Fsp3) is 0.333. The number of hydrogen-bond donors (Lipinski definition) is 0. The van der Waals surface area contributed by atoms with Gasteiger partial charge in [0.05, 0.1) is 12.2 Å². The largest absolute Gasteiger partial charge is 0.493 e. The van der Waals surface area contributed by atoms with Crippen LogP contribution in [0.25, 0.3) is 0 Å². The van der Waals surface area contributed by atoms with Gasteiger partial charge < -0.3 is 4.74 Å². The molecule has 2 rings (SSSR count). The Bertz CT molecular complexity index is 579. The first-order valence-corrected chi connectivity index (χ1v) is 7.31. The van der Waals surface area contributed by atoms with Crippen molar-refractivity contribution in [3.63, 3.8) is 0 Å². The van der Waals surface area contributed by atoms with Crippen molar-refractivity contribution in [1.29, 1.82) is 0 Å². The molecular weight excluding hydrogens is 262 g/mol. The van der Waals surface area contributed by atoms with E-state index >= 15 is 0 Å². The highest BCUT2D eigenvalue weighted by molar-refractivity contribution is 5.79. The van der Waals surface area contributed by atoms with Crippen molar-refractivity contribution < 1.29 is 9.53 Å². The summed E-state index contributed by atoms with van der Waals surface area (Å²) in [5, 5.41) is 0. The molecule has 0 aliphatic rings. The van der Waals surface area contributed by atoms with E-state index in [-0.39, 0.29) is 0 Å². The van der Waals surface area contributed by atoms with Crippen molar-refractivity contribution >= 4 is 6.29 Å². The summed E-state index contributed by atoms with van der Waals surface area (Å²) in [6.45, 7) is 4.81. The lowest BCUT2D eigenvalue weighted by Gasteiger charge is -2.11. The maximum Gasteiger partial charge on any atom is 0.153 e. The Morgan fingerprint density at radius 2 is 2.14 bits per heavy atom. The Labute approximate surface area is 126 Å². The first kappa shape index (κ1) is 15.2. The average molecular weight is 283 g/mol. The van der Waals surface area contributed by atoms with Gasteiger partial charge in [0.15, 0.2) is 6.29 Å². The molecular formula is C18H21NO2. The van der Waals surface area contributed by atoms with Crippen LogP contribution >= 0.6 is 0 Å². The molecule has 3 nitrogen and oxygen atoms in total. The van der Waals surface area contributed by atoms with E-state index in [1.807, 2.05) is 30.5 Å². The molecule has 0 aliphatic heterocycles. The number of aldehydes is 1. The Morgan fingerprint density at radius 1 is 1.29 bits per heavy atom. The Balaban J connectivity index is 1.89. The normalized spacial score (nSPS) is 10.6. The highest BCUT2D eigenvalue weighted by atomic mass is 16.5. The lowest BCUT2D eigenvalue weighted by molar-refractivity contribution is 0.111. The van der Waals surface area contributed by atoms with Crippen LogP contribution in [-0.4, -0.2) is 17.9 Å². The molecule has 1 heterocycles. The number of nitrogens with zero attached hydrogens (tertiary/aromatic N) is 1. The van der Waals surface area contributed by atoms with Gasteiger partial charge in [-0.2, -0.15) is 0 Å². The summed E-state index contributed by atoms with van der Waals surface area (Å²) in [7, 11) is 0. The molecule has 0 N–H and O–H groups in total. The standard InChI is InChI=1S/C18H21NO2/c1-14(2)16-7-8-18(17(11-16)13-20)21-10-4-6-15-5-3-9-19-12-15/h3,5,7-9,11-14H,4,6,10H2,1-2H3. The van der Waals surface area contributed by atoms with Crippen LogP contribution in [0.1, 0.15) is 47.7 Å². The number of pyridine rings is 1. The van der Waals surface area contributed by atoms with Crippen molar-refractivity contribution in [3.8, 4) is 5.75 Å². The monoisotopic (exact) mass is 283 g/mol. The molecule has 21 heavy (non-hydrogen) atoms. The summed E-state index contributed by atoms with van der Waals surface area (Å²) in [5.74, 6) is 1.07. The summed E-state index contributed by atoms with van der Waals surface area (Å²) in [6, 6.07) is 9.82. The second-order valence-corrected chi connectivity index (χ2v) is 5.38. The molecule has 0 saturated heterocycles. The molecule has 0 fully saturated rings. The third-order valence-corrected chi connectivity index (χ3v) is 3.42. The molecule has 0 spiro atoms. The van der Waals surface area contributed by atoms with Crippen LogP contribution in [0.4, 0.5) is 0 Å². The van der Waals surface area contributed by atoms with E-state index in [1.54, 1.807) is 6.20 Å². The van der Waals surface area contributed by atoms with E-state index in [2.05, 4.69) is 24.9 Å². The van der Waals surface area contributed by atoms with Crippen molar-refractivity contribution in [2.45, 2.75) is 32.6 Å². The van der Waals surface area contributed by atoms with Gasteiger partial charge in [-0.1, -0.05) is 26.0 Å². The van der Waals surface area contributed by atoms with Crippen LogP contribution in [-0.2, 0) is 6.42 Å². The smallest absolute Gasteiger partial charge is 0.153 e. The van der Waals surface area contributed by atoms with Gasteiger partial charge in [0.1, 0.15) is 5.75 Å². The molecule has 3 heteroatoms. The lowest BCUT2D eigenvalue weighted by Crippen LogP contribution is -2.02. The molecule has 1 aromatic carbocycles. The molecule has 0 radical (unpaired) electrons. The number of carbonyl (C=O) groups is 1. The van der Waals surface area contributed by atoms with E-state index in [1.165, 1.54) is 5.56 Å². The highest BCUT2D eigenvalue weighted by Gasteiger charge is 2.07. The van der Waals surface area contributed by atoms with Gasteiger partial charge in [-0.3, -0.25) is 9.78 Å². The summed E-state index contributed by atoms with van der Waals surface area (Å²) >= 11 is 0. The number of rotatable bonds is 7. The molecule has 0 atom stereocenters. The summed E-state index contributed by atoms with van der Waals surface area (Å²) in [5.41, 5.74) is 2.98. The molecule has 0 bridgehead atoms. The molecule has 0 saturated carbocycles. The van der Waals surface area contributed by atoms with Crippen LogP contribution in [0.15, 0.2) is 42.7 Å². The fourth-order valence-corrected chi connectivity index (χ4v) is 2.15. The van der Waals surface area contributed by atoms with Crippen LogP contribution in [0.2, 0.25) is 0 Å². The van der Waals surface area contributed by atoms with E-state index in [4.69, 9.17) is 4.74 Å². The van der Waals surface area contributed by atoms with Gasteiger partial charge in [-0.25, -0.2) is 0 Å². The summed E-state index contributed by atoms with van der Waals surface area (Å²) in [4.78, 5) is 15.3. The van der Waals surface area contributed by atoms with E-state index in [0.717, 1.165) is 24.7 Å². The van der Waals surface area contributed by atoms with Gasteiger partial charge in [0.2, 0.25) is 0 Å². The van der Waals surface area contributed by atoms with Gasteiger partial charge in [0.25, 0.3) is 0 Å². The third-order valence-electron chi connectivity index (χ3n) is 3.42. The number of aromatic nitrogens is 1. The molecule has 0 unspecified atom stereocenters. The minimum atomic E-state index is 0.406. The van der Waals surface area contributed by atoms with Crippen molar-refractivity contribution in [3.05, 3.63) is 59.4 Å². The van der Waals surface area contributed by atoms with E-state index in [0.29, 0.717) is 23.8 Å². The maximum atomic E-state index is 11.2. The van der Waals surface area contributed by atoms with Gasteiger partial charge in [-0.05, 0) is 48.1 Å².